The molecule has 1 atom stereocenters. The minimum atomic E-state index is -0.251. The van der Waals surface area contributed by atoms with E-state index in [2.05, 4.69) is 79.5 Å². The maximum Gasteiger partial charge on any atom is 0.179 e. The van der Waals surface area contributed by atoms with Crippen molar-refractivity contribution in [2.75, 3.05) is 17.3 Å². The van der Waals surface area contributed by atoms with Gasteiger partial charge in [-0.15, -0.1) is 0 Å². The highest BCUT2D eigenvalue weighted by Gasteiger charge is 2.42. The molecule has 1 N–H and O–H groups in total. The molecule has 3 heterocycles. The van der Waals surface area contributed by atoms with Crippen LogP contribution in [0, 0.1) is 20.8 Å². The van der Waals surface area contributed by atoms with Crippen molar-refractivity contribution in [2.45, 2.75) is 26.8 Å². The van der Waals surface area contributed by atoms with Crippen molar-refractivity contribution in [3.05, 3.63) is 125 Å². The van der Waals surface area contributed by atoms with Crippen molar-refractivity contribution >= 4 is 34.6 Å². The number of aliphatic imine (C=N–C) groups is 2. The summed E-state index contributed by atoms with van der Waals surface area (Å²) in [5.41, 5.74) is 9.09. The summed E-state index contributed by atoms with van der Waals surface area (Å²) in [7, 11) is 1.72. The number of hydrogen-bond donors (Lipinski definition) is 1. The van der Waals surface area contributed by atoms with Gasteiger partial charge in [-0.1, -0.05) is 54.6 Å². The number of nitrogens with one attached hydrogen (secondary N) is 1. The number of aromatic nitrogens is 2. The third-order valence-corrected chi connectivity index (χ3v) is 7.56. The monoisotopic (exact) mass is 538 g/mol. The predicted octanol–water partition coefficient (Wildman–Crippen LogP) is 7.60. The van der Waals surface area contributed by atoms with Gasteiger partial charge in [0.1, 0.15) is 5.75 Å². The summed E-state index contributed by atoms with van der Waals surface area (Å²) in [6.07, 6.45) is 0. The number of benzene rings is 4. The molecule has 7 rings (SSSR count). The Morgan fingerprint density at radius 3 is 2.27 bits per heavy atom. The number of fused-ring (bicyclic) bond motifs is 4. The summed E-state index contributed by atoms with van der Waals surface area (Å²) in [6, 6.07) is 32.7. The Morgan fingerprint density at radius 1 is 0.780 bits per heavy atom. The Labute approximate surface area is 239 Å². The fourth-order valence-corrected chi connectivity index (χ4v) is 5.92. The number of ether oxygens (including phenoxy) is 1. The molecule has 0 amide bonds. The van der Waals surface area contributed by atoms with Gasteiger partial charge < -0.3 is 15.0 Å². The Kier molecular flexibility index (Phi) is 5.93. The van der Waals surface area contributed by atoms with E-state index in [0.29, 0.717) is 5.84 Å². The van der Waals surface area contributed by atoms with Crippen molar-refractivity contribution in [3.8, 4) is 11.4 Å². The quantitative estimate of drug-likeness (QED) is 0.256. The fourth-order valence-electron chi connectivity index (χ4n) is 5.92. The van der Waals surface area contributed by atoms with Crippen LogP contribution in [0.3, 0.4) is 0 Å². The van der Waals surface area contributed by atoms with Gasteiger partial charge in [-0.2, -0.15) is 5.10 Å². The summed E-state index contributed by atoms with van der Waals surface area (Å²) < 4.78 is 7.86. The molecule has 0 saturated heterocycles. The zero-order valence-electron chi connectivity index (χ0n) is 23.5. The molecular formula is C34H30N6O. The maximum absolute atomic E-state index is 5.92. The molecule has 7 heteroatoms. The van der Waals surface area contributed by atoms with Crippen molar-refractivity contribution in [3.63, 3.8) is 0 Å². The number of aryl methyl sites for hydroxylation is 3. The molecule has 0 unspecified atom stereocenters. The van der Waals surface area contributed by atoms with E-state index in [9.17, 15) is 0 Å². The lowest BCUT2D eigenvalue weighted by atomic mass is 9.92. The number of nitrogens with zero attached hydrogens (tertiary/aromatic N) is 5. The van der Waals surface area contributed by atoms with Gasteiger partial charge in [-0.25, -0.2) is 14.7 Å². The number of hydrogen-bond acceptors (Lipinski definition) is 6. The van der Waals surface area contributed by atoms with Gasteiger partial charge >= 0.3 is 0 Å². The molecule has 5 aromatic rings. The third-order valence-electron chi connectivity index (χ3n) is 7.56. The summed E-state index contributed by atoms with van der Waals surface area (Å²) >= 11 is 0. The van der Waals surface area contributed by atoms with E-state index in [-0.39, 0.29) is 6.04 Å². The van der Waals surface area contributed by atoms with Crippen LogP contribution in [0.4, 0.5) is 22.9 Å². The van der Waals surface area contributed by atoms with Crippen molar-refractivity contribution in [2.24, 2.45) is 9.98 Å². The molecule has 1 aromatic heterocycles. The minimum absolute atomic E-state index is 0.251. The first-order valence-corrected chi connectivity index (χ1v) is 13.7. The summed E-state index contributed by atoms with van der Waals surface area (Å²) in [5, 5.41) is 8.64. The van der Waals surface area contributed by atoms with E-state index in [1.54, 1.807) is 7.11 Å². The largest absolute Gasteiger partial charge is 0.496 e. The molecule has 4 aromatic carbocycles. The topological polar surface area (TPSA) is 67.0 Å². The Bertz CT molecular complexity index is 1830. The van der Waals surface area contributed by atoms with Crippen LogP contribution in [-0.4, -0.2) is 28.6 Å². The molecule has 0 radical (unpaired) electrons. The molecule has 0 bridgehead atoms. The Morgan fingerprint density at radius 2 is 1.49 bits per heavy atom. The van der Waals surface area contributed by atoms with Gasteiger partial charge in [0, 0.05) is 16.8 Å². The van der Waals surface area contributed by atoms with Gasteiger partial charge in [0.2, 0.25) is 0 Å². The van der Waals surface area contributed by atoms with Crippen molar-refractivity contribution in [1.82, 2.24) is 9.78 Å². The van der Waals surface area contributed by atoms with E-state index in [0.717, 1.165) is 57.0 Å². The molecule has 2 aliphatic rings. The summed E-state index contributed by atoms with van der Waals surface area (Å²) in [5.74, 6) is 2.99. The van der Waals surface area contributed by atoms with Crippen LogP contribution in [-0.2, 0) is 0 Å². The molecule has 2 aliphatic heterocycles. The second kappa shape index (κ2) is 9.78. The highest BCUT2D eigenvalue weighted by atomic mass is 16.5. The first-order valence-electron chi connectivity index (χ1n) is 13.7. The van der Waals surface area contributed by atoms with E-state index < -0.39 is 0 Å². The highest BCUT2D eigenvalue weighted by molar-refractivity contribution is 6.51. The molecule has 0 aliphatic carbocycles. The van der Waals surface area contributed by atoms with Crippen LogP contribution in [0.1, 0.15) is 34.0 Å². The van der Waals surface area contributed by atoms with Crippen LogP contribution in [0.2, 0.25) is 0 Å². The molecular weight excluding hydrogens is 508 g/mol. The van der Waals surface area contributed by atoms with Gasteiger partial charge in [-0.3, -0.25) is 0 Å². The van der Waals surface area contributed by atoms with Gasteiger partial charge in [0.25, 0.3) is 0 Å². The lowest BCUT2D eigenvalue weighted by Gasteiger charge is -2.41. The highest BCUT2D eigenvalue weighted by Crippen LogP contribution is 2.49. The number of para-hydroxylation sites is 4. The average Bonchev–Trinajstić information content (AvgIpc) is 3.32. The Hall–Kier alpha value is -5.17. The van der Waals surface area contributed by atoms with E-state index in [1.807, 2.05) is 53.2 Å². The molecule has 202 valence electrons. The average molecular weight is 539 g/mol. The van der Waals surface area contributed by atoms with Gasteiger partial charge in [0.15, 0.2) is 17.5 Å². The van der Waals surface area contributed by atoms with Crippen molar-refractivity contribution < 1.29 is 4.74 Å². The molecule has 7 nitrogen and oxygen atoms in total. The number of amidine groups is 2. The van der Waals surface area contributed by atoms with Crippen LogP contribution in [0.15, 0.2) is 107 Å². The van der Waals surface area contributed by atoms with E-state index in [4.69, 9.17) is 19.8 Å². The maximum atomic E-state index is 5.92. The zero-order valence-corrected chi connectivity index (χ0v) is 23.5. The minimum Gasteiger partial charge on any atom is -0.496 e. The first kappa shape index (κ1) is 24.8. The normalized spacial score (nSPS) is 15.3. The van der Waals surface area contributed by atoms with E-state index >= 15 is 0 Å². The van der Waals surface area contributed by atoms with Gasteiger partial charge in [-0.05, 0) is 74.4 Å². The predicted molar refractivity (Wildman–Crippen MR) is 166 cm³/mol. The van der Waals surface area contributed by atoms with Crippen molar-refractivity contribution in [1.29, 1.82) is 0 Å². The smallest absolute Gasteiger partial charge is 0.179 e. The number of methoxy groups -OCH3 is 1. The second-order valence-corrected chi connectivity index (χ2v) is 10.5. The summed E-state index contributed by atoms with van der Waals surface area (Å²) in [6.45, 7) is 6.26. The molecule has 0 spiro atoms. The molecule has 0 saturated carbocycles. The summed E-state index contributed by atoms with van der Waals surface area (Å²) in [4.78, 5) is 12.7. The van der Waals surface area contributed by atoms with Crippen LogP contribution < -0.4 is 15.0 Å². The lowest BCUT2D eigenvalue weighted by molar-refractivity contribution is 0.407. The Balaban J connectivity index is 1.52. The molecule has 0 fully saturated rings. The van der Waals surface area contributed by atoms with Gasteiger partial charge in [0.05, 0.1) is 35.9 Å². The zero-order chi connectivity index (χ0) is 28.1. The lowest BCUT2D eigenvalue weighted by Crippen LogP contribution is -2.46. The first-order chi connectivity index (χ1) is 20.0. The number of rotatable bonds is 4. The fraction of sp³-hybridized carbons (Fsp3) is 0.147. The second-order valence-electron chi connectivity index (χ2n) is 10.5. The van der Waals surface area contributed by atoms with Crippen LogP contribution in [0.5, 0.6) is 5.75 Å². The SMILES string of the molecule is COc1ccccc1[C@@H]1c2c(C)nn(-c3ccccc3)c2N=C2C(Nc3cc(C)cc(C)c3)=Nc3ccccc3N21. The molecule has 41 heavy (non-hydrogen) atoms. The van der Waals surface area contributed by atoms with E-state index in [1.165, 1.54) is 11.1 Å². The van der Waals surface area contributed by atoms with Crippen LogP contribution in [0.25, 0.3) is 5.69 Å². The number of anilines is 2. The third kappa shape index (κ3) is 4.17. The van der Waals surface area contributed by atoms with Crippen LogP contribution >= 0.6 is 0 Å². The standard InChI is InChI=1S/C34H30N6O/c1-21-18-22(2)20-24(19-21)35-32-34-37-33-30(23(3)38-40(33)25-12-6-5-7-13-25)31(26-14-8-11-17-29(26)41-4)39(34)28-16-10-9-15-27(28)36-32/h5-20,31H,1-4H3,(H,35,36)/t31-/m1/s1.